The molecule has 8 heteroatoms. The Morgan fingerprint density at radius 2 is 2.21 bits per heavy atom. The number of carbonyl (C=O) groups excluding carboxylic acids is 2. The van der Waals surface area contributed by atoms with E-state index in [4.69, 9.17) is 9.47 Å². The molecule has 2 aliphatic heterocycles. The van der Waals surface area contributed by atoms with Crippen LogP contribution >= 0.6 is 0 Å². The second-order valence-electron chi connectivity index (χ2n) is 6.25. The van der Waals surface area contributed by atoms with Crippen LogP contribution in [0.4, 0.5) is 4.79 Å². The minimum absolute atomic E-state index is 0.0839. The van der Waals surface area contributed by atoms with Gasteiger partial charge in [0.05, 0.1) is 12.6 Å². The molecular formula is C16H26N2O6. The van der Waals surface area contributed by atoms with Crippen LogP contribution < -0.4 is 5.32 Å². The largest absolute Gasteiger partial charge is 0.394 e. The fourth-order valence-electron chi connectivity index (χ4n) is 2.77. The van der Waals surface area contributed by atoms with Crippen molar-refractivity contribution in [2.24, 2.45) is 0 Å². The Bertz CT molecular complexity index is 509. The fourth-order valence-corrected chi connectivity index (χ4v) is 2.77. The van der Waals surface area contributed by atoms with E-state index in [2.05, 4.69) is 5.32 Å². The molecule has 5 atom stereocenters. The van der Waals surface area contributed by atoms with Crippen molar-refractivity contribution in [1.29, 1.82) is 0 Å². The minimum atomic E-state index is -1.13. The summed E-state index contributed by atoms with van der Waals surface area (Å²) in [6.45, 7) is 5.05. The highest BCUT2D eigenvalue weighted by Gasteiger charge is 2.48. The number of ether oxygens (including phenoxy) is 2. The van der Waals surface area contributed by atoms with Crippen molar-refractivity contribution in [2.45, 2.75) is 64.2 Å². The quantitative estimate of drug-likeness (QED) is 0.607. The van der Waals surface area contributed by atoms with Gasteiger partial charge in [0.1, 0.15) is 24.9 Å². The first-order valence-electron chi connectivity index (χ1n) is 8.23. The standard InChI is InChI=1S/C16H26N2O6/c1-4-5-11(20)8-23-14-13(21)12(7-19)24-15(14)18-6-9(2)10(3)17-16(18)22/h6,10,12-15,19,21H,4-5,7-8H2,1-3H3,(H,17,22)/t10?,12-,13?,14+,15-/m1/s1. The Morgan fingerprint density at radius 3 is 2.83 bits per heavy atom. The van der Waals surface area contributed by atoms with Gasteiger partial charge in [-0.3, -0.25) is 9.69 Å². The lowest BCUT2D eigenvalue weighted by molar-refractivity contribution is -0.131. The van der Waals surface area contributed by atoms with Gasteiger partial charge in [-0.1, -0.05) is 6.92 Å². The molecule has 2 unspecified atom stereocenters. The lowest BCUT2D eigenvalue weighted by atomic mass is 10.1. The summed E-state index contributed by atoms with van der Waals surface area (Å²) in [5.74, 6) is -0.0839. The molecule has 2 rings (SSSR count). The molecule has 0 spiro atoms. The highest BCUT2D eigenvalue weighted by atomic mass is 16.6. The second kappa shape index (κ2) is 8.06. The first-order chi connectivity index (χ1) is 11.4. The molecule has 24 heavy (non-hydrogen) atoms. The lowest BCUT2D eigenvalue weighted by Crippen LogP contribution is -2.54. The van der Waals surface area contributed by atoms with Crippen molar-refractivity contribution in [2.75, 3.05) is 13.2 Å². The third-order valence-electron chi connectivity index (χ3n) is 4.33. The molecule has 1 saturated heterocycles. The van der Waals surface area contributed by atoms with Crippen LogP contribution in [0.1, 0.15) is 33.6 Å². The van der Waals surface area contributed by atoms with Crippen LogP contribution in [0.2, 0.25) is 0 Å². The number of aliphatic hydroxyl groups is 2. The maximum absolute atomic E-state index is 12.2. The molecule has 0 bridgehead atoms. The monoisotopic (exact) mass is 342 g/mol. The van der Waals surface area contributed by atoms with Crippen molar-refractivity contribution < 1.29 is 29.3 Å². The number of hydrogen-bond donors (Lipinski definition) is 3. The molecular weight excluding hydrogens is 316 g/mol. The van der Waals surface area contributed by atoms with E-state index >= 15 is 0 Å². The average Bonchev–Trinajstić information content (AvgIpc) is 2.85. The Morgan fingerprint density at radius 1 is 1.50 bits per heavy atom. The van der Waals surface area contributed by atoms with Crippen molar-refractivity contribution >= 4 is 11.8 Å². The van der Waals surface area contributed by atoms with Gasteiger partial charge >= 0.3 is 6.03 Å². The second-order valence-corrected chi connectivity index (χ2v) is 6.25. The van der Waals surface area contributed by atoms with Gasteiger partial charge < -0.3 is 25.0 Å². The minimum Gasteiger partial charge on any atom is -0.394 e. The zero-order valence-electron chi connectivity index (χ0n) is 14.3. The first-order valence-corrected chi connectivity index (χ1v) is 8.23. The van der Waals surface area contributed by atoms with E-state index in [0.717, 1.165) is 5.57 Å². The molecule has 0 aromatic rings. The normalized spacial score (nSPS) is 33.4. The number of Topliss-reactive ketones (excluding diaryl/α,β-unsaturated/α-hetero) is 1. The number of urea groups is 1. The Kier molecular flexibility index (Phi) is 6.34. The number of carbonyl (C=O) groups is 2. The van der Waals surface area contributed by atoms with Crippen LogP contribution in [-0.2, 0) is 14.3 Å². The van der Waals surface area contributed by atoms with E-state index in [0.29, 0.717) is 12.8 Å². The molecule has 1 fully saturated rings. The number of aliphatic hydroxyl groups excluding tert-OH is 2. The van der Waals surface area contributed by atoms with Crippen LogP contribution in [0.5, 0.6) is 0 Å². The molecule has 2 heterocycles. The SMILES string of the molecule is CCCC(=O)CO[C@H]1C(O)[C@@H](CO)O[C@H]1N1C=C(C)C(C)NC1=O. The van der Waals surface area contributed by atoms with Crippen LogP contribution in [0.15, 0.2) is 11.8 Å². The Hall–Kier alpha value is -1.48. The molecule has 2 aliphatic rings. The summed E-state index contributed by atoms with van der Waals surface area (Å²) in [4.78, 5) is 25.3. The van der Waals surface area contributed by atoms with Gasteiger partial charge in [0.15, 0.2) is 12.0 Å². The summed E-state index contributed by atoms with van der Waals surface area (Å²) in [5.41, 5.74) is 0.918. The van der Waals surface area contributed by atoms with Gasteiger partial charge in [-0.2, -0.15) is 0 Å². The van der Waals surface area contributed by atoms with E-state index in [1.54, 1.807) is 6.20 Å². The third-order valence-corrected chi connectivity index (χ3v) is 4.33. The molecule has 136 valence electrons. The molecule has 0 radical (unpaired) electrons. The van der Waals surface area contributed by atoms with Crippen LogP contribution in [0, 0.1) is 0 Å². The van der Waals surface area contributed by atoms with Crippen LogP contribution in [0.3, 0.4) is 0 Å². The van der Waals surface area contributed by atoms with E-state index in [9.17, 15) is 19.8 Å². The lowest BCUT2D eigenvalue weighted by Gasteiger charge is -2.35. The molecule has 0 aromatic carbocycles. The predicted octanol–water partition coefficient (Wildman–Crippen LogP) is 0.136. The molecule has 0 aliphatic carbocycles. The Balaban J connectivity index is 2.15. The highest BCUT2D eigenvalue weighted by Crippen LogP contribution is 2.29. The van der Waals surface area contributed by atoms with Gasteiger partial charge in [-0.25, -0.2) is 4.79 Å². The van der Waals surface area contributed by atoms with Crippen LogP contribution in [0.25, 0.3) is 0 Å². The number of rotatable bonds is 7. The van der Waals surface area contributed by atoms with Gasteiger partial charge in [0.2, 0.25) is 0 Å². The molecule has 2 amide bonds. The summed E-state index contributed by atoms with van der Waals surface area (Å²) in [7, 11) is 0. The van der Waals surface area contributed by atoms with Crippen molar-refractivity contribution in [3.8, 4) is 0 Å². The van der Waals surface area contributed by atoms with Crippen molar-refractivity contribution in [3.63, 3.8) is 0 Å². The first kappa shape index (κ1) is 18.9. The van der Waals surface area contributed by atoms with E-state index in [1.807, 2.05) is 20.8 Å². The molecule has 3 N–H and O–H groups in total. The third kappa shape index (κ3) is 3.94. The average molecular weight is 342 g/mol. The number of hydrogen-bond acceptors (Lipinski definition) is 6. The summed E-state index contributed by atoms with van der Waals surface area (Å²) >= 11 is 0. The van der Waals surface area contributed by atoms with Crippen LogP contribution in [-0.4, -0.2) is 70.7 Å². The smallest absolute Gasteiger partial charge is 0.324 e. The van der Waals surface area contributed by atoms with Gasteiger partial charge in [-0.15, -0.1) is 0 Å². The molecule has 8 nitrogen and oxygen atoms in total. The van der Waals surface area contributed by atoms with E-state index in [1.165, 1.54) is 4.90 Å². The maximum atomic E-state index is 12.2. The zero-order valence-corrected chi connectivity index (χ0v) is 14.3. The topological polar surface area (TPSA) is 108 Å². The Labute approximate surface area is 141 Å². The van der Waals surface area contributed by atoms with E-state index in [-0.39, 0.29) is 24.5 Å². The summed E-state index contributed by atoms with van der Waals surface area (Å²) in [6, 6.07) is -0.475. The predicted molar refractivity (Wildman–Crippen MR) is 85.0 cm³/mol. The molecule has 0 saturated carbocycles. The van der Waals surface area contributed by atoms with Crippen molar-refractivity contribution in [3.05, 3.63) is 11.8 Å². The number of amides is 2. The number of nitrogens with one attached hydrogen (secondary N) is 1. The van der Waals surface area contributed by atoms with Gasteiger partial charge in [0.25, 0.3) is 0 Å². The number of ketones is 1. The molecule has 0 aromatic heterocycles. The van der Waals surface area contributed by atoms with E-state index < -0.39 is 31.1 Å². The zero-order chi connectivity index (χ0) is 17.9. The summed E-state index contributed by atoms with van der Waals surface area (Å²) in [6.07, 6.45) is -1.08. The highest BCUT2D eigenvalue weighted by molar-refractivity contribution is 5.79. The fraction of sp³-hybridized carbons (Fsp3) is 0.750. The van der Waals surface area contributed by atoms with Gasteiger partial charge in [-0.05, 0) is 25.8 Å². The van der Waals surface area contributed by atoms with Crippen molar-refractivity contribution in [1.82, 2.24) is 10.2 Å². The van der Waals surface area contributed by atoms with Gasteiger partial charge in [0, 0.05) is 12.6 Å². The number of nitrogens with zero attached hydrogens (tertiary/aromatic N) is 1. The summed E-state index contributed by atoms with van der Waals surface area (Å²) in [5, 5.41) is 22.4. The maximum Gasteiger partial charge on any atom is 0.324 e. The summed E-state index contributed by atoms with van der Waals surface area (Å²) < 4.78 is 11.2.